The molecule has 17 heavy (non-hydrogen) atoms. The predicted molar refractivity (Wildman–Crippen MR) is 68.8 cm³/mol. The molecule has 0 saturated heterocycles. The molecule has 0 aliphatic heterocycles. The first-order valence-electron chi connectivity index (χ1n) is 5.28. The average molecular weight is 242 g/mol. The first-order valence-corrected chi connectivity index (χ1v) is 6.10. The van der Waals surface area contributed by atoms with Gasteiger partial charge in [-0.3, -0.25) is 4.98 Å². The van der Waals surface area contributed by atoms with Crippen LogP contribution in [0.25, 0.3) is 20.8 Å². The van der Waals surface area contributed by atoms with E-state index in [1.54, 1.807) is 23.7 Å². The highest BCUT2D eigenvalue weighted by Gasteiger charge is 2.09. The van der Waals surface area contributed by atoms with Crippen LogP contribution >= 0.6 is 11.3 Å². The van der Waals surface area contributed by atoms with E-state index in [9.17, 15) is 5.11 Å². The number of aliphatic hydroxyl groups is 1. The van der Waals surface area contributed by atoms with Crippen molar-refractivity contribution >= 4 is 21.6 Å². The zero-order valence-corrected chi connectivity index (χ0v) is 9.81. The maximum Gasteiger partial charge on any atom is 0.125 e. The fourth-order valence-electron chi connectivity index (χ4n) is 1.75. The molecule has 1 N–H and O–H groups in total. The lowest BCUT2D eigenvalue weighted by Gasteiger charge is -2.01. The molecule has 1 aromatic carbocycles. The lowest BCUT2D eigenvalue weighted by atomic mass is 10.1. The van der Waals surface area contributed by atoms with Gasteiger partial charge in [0, 0.05) is 23.5 Å². The van der Waals surface area contributed by atoms with Gasteiger partial charge in [0.2, 0.25) is 0 Å². The first-order chi connectivity index (χ1) is 8.38. The van der Waals surface area contributed by atoms with E-state index in [0.29, 0.717) is 0 Å². The van der Waals surface area contributed by atoms with Gasteiger partial charge in [0.05, 0.1) is 16.8 Å². The van der Waals surface area contributed by atoms with Gasteiger partial charge in [0.15, 0.2) is 0 Å². The Balaban J connectivity index is 2.20. The van der Waals surface area contributed by atoms with E-state index in [4.69, 9.17) is 0 Å². The summed E-state index contributed by atoms with van der Waals surface area (Å²) in [5, 5.41) is 10.2. The number of para-hydroxylation sites is 1. The van der Waals surface area contributed by atoms with Crippen LogP contribution < -0.4 is 0 Å². The van der Waals surface area contributed by atoms with Crippen molar-refractivity contribution in [2.24, 2.45) is 0 Å². The number of aliphatic hydroxyl groups excluding tert-OH is 1. The summed E-state index contributed by atoms with van der Waals surface area (Å²) in [5.74, 6) is 0. The maximum atomic E-state index is 9.29. The molecule has 84 valence electrons. The molecule has 3 nitrogen and oxygen atoms in total. The molecule has 0 unspecified atom stereocenters. The standard InChI is InChI=1S/C13H10N2OS/c16-8-9-7-14-6-5-10(9)13-15-11-3-1-2-4-12(11)17-13/h1-7,16H,8H2. The molecular weight excluding hydrogens is 232 g/mol. The van der Waals surface area contributed by atoms with Gasteiger partial charge in [-0.1, -0.05) is 12.1 Å². The molecule has 0 aliphatic carbocycles. The Morgan fingerprint density at radius 1 is 1.18 bits per heavy atom. The Morgan fingerprint density at radius 3 is 2.88 bits per heavy atom. The smallest absolute Gasteiger partial charge is 0.125 e. The fraction of sp³-hybridized carbons (Fsp3) is 0.0769. The molecule has 0 bridgehead atoms. The summed E-state index contributed by atoms with van der Waals surface area (Å²) in [7, 11) is 0. The minimum absolute atomic E-state index is 0.0148. The largest absolute Gasteiger partial charge is 0.392 e. The molecular formula is C13H10N2OS. The van der Waals surface area contributed by atoms with Gasteiger partial charge in [-0.05, 0) is 18.2 Å². The van der Waals surface area contributed by atoms with E-state index in [1.807, 2.05) is 24.3 Å². The molecule has 0 spiro atoms. The molecule has 4 heteroatoms. The van der Waals surface area contributed by atoms with Crippen LogP contribution in [-0.4, -0.2) is 15.1 Å². The molecule has 0 atom stereocenters. The van der Waals surface area contributed by atoms with Crippen molar-refractivity contribution in [2.45, 2.75) is 6.61 Å². The highest BCUT2D eigenvalue weighted by Crippen LogP contribution is 2.31. The SMILES string of the molecule is OCc1cnccc1-c1nc2ccccc2s1. The number of nitrogens with zero attached hydrogens (tertiary/aromatic N) is 2. The van der Waals surface area contributed by atoms with Crippen molar-refractivity contribution in [3.63, 3.8) is 0 Å². The van der Waals surface area contributed by atoms with Gasteiger partial charge in [-0.2, -0.15) is 0 Å². The van der Waals surface area contributed by atoms with Crippen LogP contribution in [0.2, 0.25) is 0 Å². The lowest BCUT2D eigenvalue weighted by Crippen LogP contribution is -1.89. The van der Waals surface area contributed by atoms with Gasteiger partial charge >= 0.3 is 0 Å². The summed E-state index contributed by atoms with van der Waals surface area (Å²) >= 11 is 1.63. The minimum atomic E-state index is -0.0148. The number of aromatic nitrogens is 2. The number of benzene rings is 1. The van der Waals surface area contributed by atoms with Crippen LogP contribution in [0.15, 0.2) is 42.7 Å². The van der Waals surface area contributed by atoms with Gasteiger partial charge in [-0.15, -0.1) is 11.3 Å². The molecule has 3 rings (SSSR count). The van der Waals surface area contributed by atoms with E-state index in [2.05, 4.69) is 16.0 Å². The van der Waals surface area contributed by atoms with E-state index in [1.165, 1.54) is 0 Å². The summed E-state index contributed by atoms with van der Waals surface area (Å²) in [4.78, 5) is 8.58. The lowest BCUT2D eigenvalue weighted by molar-refractivity contribution is 0.282. The highest BCUT2D eigenvalue weighted by atomic mass is 32.1. The van der Waals surface area contributed by atoms with Crippen LogP contribution in [0, 0.1) is 0 Å². The van der Waals surface area contributed by atoms with Crippen LogP contribution in [0.4, 0.5) is 0 Å². The molecule has 2 heterocycles. The number of pyridine rings is 1. The third-order valence-electron chi connectivity index (χ3n) is 2.60. The van der Waals surface area contributed by atoms with Crippen molar-refractivity contribution in [3.8, 4) is 10.6 Å². The van der Waals surface area contributed by atoms with Crippen molar-refractivity contribution < 1.29 is 5.11 Å². The summed E-state index contributed by atoms with van der Waals surface area (Å²) in [6.45, 7) is -0.0148. The highest BCUT2D eigenvalue weighted by molar-refractivity contribution is 7.21. The minimum Gasteiger partial charge on any atom is -0.392 e. The number of rotatable bonds is 2. The fourth-order valence-corrected chi connectivity index (χ4v) is 2.78. The third-order valence-corrected chi connectivity index (χ3v) is 3.67. The number of thiazole rings is 1. The number of hydrogen-bond acceptors (Lipinski definition) is 4. The Hall–Kier alpha value is -1.78. The summed E-state index contributed by atoms with van der Waals surface area (Å²) < 4.78 is 1.16. The quantitative estimate of drug-likeness (QED) is 0.751. The molecule has 3 aromatic rings. The van der Waals surface area contributed by atoms with E-state index in [-0.39, 0.29) is 6.61 Å². The van der Waals surface area contributed by atoms with Crippen LogP contribution in [0.3, 0.4) is 0 Å². The topological polar surface area (TPSA) is 46.0 Å². The summed E-state index contributed by atoms with van der Waals surface area (Å²) in [6.07, 6.45) is 3.40. The van der Waals surface area contributed by atoms with Crippen LogP contribution in [0.5, 0.6) is 0 Å². The Kier molecular flexibility index (Phi) is 2.59. The Morgan fingerprint density at radius 2 is 2.06 bits per heavy atom. The number of fused-ring (bicyclic) bond motifs is 1. The monoisotopic (exact) mass is 242 g/mol. The maximum absolute atomic E-state index is 9.29. The van der Waals surface area contributed by atoms with Gasteiger partial charge in [0.1, 0.15) is 5.01 Å². The van der Waals surface area contributed by atoms with Crippen LogP contribution in [-0.2, 0) is 6.61 Å². The zero-order valence-electron chi connectivity index (χ0n) is 9.00. The van der Waals surface area contributed by atoms with Crippen molar-refractivity contribution in [3.05, 3.63) is 48.3 Å². The Bertz CT molecular complexity index is 630. The van der Waals surface area contributed by atoms with E-state index < -0.39 is 0 Å². The van der Waals surface area contributed by atoms with Gasteiger partial charge < -0.3 is 5.11 Å². The van der Waals surface area contributed by atoms with E-state index >= 15 is 0 Å². The second-order valence-corrected chi connectivity index (χ2v) is 4.71. The van der Waals surface area contributed by atoms with Gasteiger partial charge in [0.25, 0.3) is 0 Å². The summed E-state index contributed by atoms with van der Waals surface area (Å²) in [6, 6.07) is 9.92. The first kappa shape index (κ1) is 10.4. The second-order valence-electron chi connectivity index (χ2n) is 3.68. The van der Waals surface area contributed by atoms with Crippen LogP contribution in [0.1, 0.15) is 5.56 Å². The third kappa shape index (κ3) is 1.81. The second kappa shape index (κ2) is 4.24. The molecule has 0 radical (unpaired) electrons. The van der Waals surface area contributed by atoms with Gasteiger partial charge in [-0.25, -0.2) is 4.98 Å². The predicted octanol–water partition coefficient (Wildman–Crippen LogP) is 2.85. The molecule has 0 aliphatic rings. The Labute approximate surface area is 102 Å². The van der Waals surface area contributed by atoms with E-state index in [0.717, 1.165) is 26.4 Å². The number of hydrogen-bond donors (Lipinski definition) is 1. The van der Waals surface area contributed by atoms with Crippen molar-refractivity contribution in [1.29, 1.82) is 0 Å². The summed E-state index contributed by atoms with van der Waals surface area (Å²) in [5.41, 5.74) is 2.77. The average Bonchev–Trinajstić information content (AvgIpc) is 2.82. The normalized spacial score (nSPS) is 10.9. The molecule has 0 fully saturated rings. The molecule has 0 saturated carbocycles. The molecule has 0 amide bonds. The molecule has 2 aromatic heterocycles. The van der Waals surface area contributed by atoms with Crippen molar-refractivity contribution in [1.82, 2.24) is 9.97 Å². The van der Waals surface area contributed by atoms with Crippen molar-refractivity contribution in [2.75, 3.05) is 0 Å². The zero-order chi connectivity index (χ0) is 11.7.